The number of nitrogens with zero attached hydrogens (tertiary/aromatic N) is 3. The van der Waals surface area contributed by atoms with Gasteiger partial charge >= 0.3 is 5.97 Å². The van der Waals surface area contributed by atoms with Gasteiger partial charge < -0.3 is 10.0 Å². The molecule has 1 unspecified atom stereocenters. The van der Waals surface area contributed by atoms with Crippen LogP contribution in [0.4, 0.5) is 5.95 Å². The first-order valence-corrected chi connectivity index (χ1v) is 5.91. The highest BCUT2D eigenvalue weighted by Gasteiger charge is 2.47. The lowest BCUT2D eigenvalue weighted by atomic mass is 9.93. The van der Waals surface area contributed by atoms with Gasteiger partial charge in [-0.3, -0.25) is 0 Å². The number of aryl methyl sites for hydroxylation is 1. The first-order chi connectivity index (χ1) is 8.10. The second-order valence-electron chi connectivity index (χ2n) is 4.44. The van der Waals surface area contributed by atoms with Crippen LogP contribution in [-0.2, 0) is 4.79 Å². The fourth-order valence-corrected chi connectivity index (χ4v) is 2.48. The number of carbonyl (C=O) groups is 1. The summed E-state index contributed by atoms with van der Waals surface area (Å²) in [5, 5.41) is 9.47. The lowest BCUT2D eigenvalue weighted by molar-refractivity contribution is -0.143. The van der Waals surface area contributed by atoms with Gasteiger partial charge in [-0.2, -0.15) is 0 Å². The van der Waals surface area contributed by atoms with E-state index in [1.807, 2.05) is 24.8 Å². The topological polar surface area (TPSA) is 66.3 Å². The first kappa shape index (κ1) is 11.8. The molecule has 5 nitrogen and oxygen atoms in total. The molecule has 0 saturated carbocycles. The molecular weight excluding hydrogens is 218 g/mol. The number of hydrogen-bond donors (Lipinski definition) is 1. The SMILES string of the molecule is CCC1(C(=O)O)CCCN1c1nccc(C)n1. The monoisotopic (exact) mass is 235 g/mol. The van der Waals surface area contributed by atoms with E-state index in [1.54, 1.807) is 6.20 Å². The lowest BCUT2D eigenvalue weighted by Gasteiger charge is -2.33. The van der Waals surface area contributed by atoms with Crippen LogP contribution in [0.1, 0.15) is 31.9 Å². The fourth-order valence-electron chi connectivity index (χ4n) is 2.48. The Bertz CT molecular complexity index is 436. The van der Waals surface area contributed by atoms with Crippen molar-refractivity contribution in [1.82, 2.24) is 9.97 Å². The van der Waals surface area contributed by atoms with Crippen molar-refractivity contribution in [3.8, 4) is 0 Å². The minimum absolute atomic E-state index is 0.534. The molecule has 1 N–H and O–H groups in total. The van der Waals surface area contributed by atoms with Crippen LogP contribution in [0.5, 0.6) is 0 Å². The van der Waals surface area contributed by atoms with Crippen molar-refractivity contribution in [2.45, 2.75) is 38.6 Å². The summed E-state index contributed by atoms with van der Waals surface area (Å²) in [5.41, 5.74) is 0.0330. The molecule has 5 heteroatoms. The van der Waals surface area contributed by atoms with Crippen molar-refractivity contribution < 1.29 is 9.90 Å². The van der Waals surface area contributed by atoms with E-state index in [9.17, 15) is 9.90 Å². The number of aromatic nitrogens is 2. The molecule has 1 aliphatic heterocycles. The second kappa shape index (κ2) is 4.31. The van der Waals surface area contributed by atoms with Crippen LogP contribution in [0, 0.1) is 6.92 Å². The summed E-state index contributed by atoms with van der Waals surface area (Å²) in [5.74, 6) is -0.241. The van der Waals surface area contributed by atoms with E-state index >= 15 is 0 Å². The molecule has 1 aliphatic rings. The average molecular weight is 235 g/mol. The molecule has 1 aromatic rings. The second-order valence-corrected chi connectivity index (χ2v) is 4.44. The van der Waals surface area contributed by atoms with E-state index in [-0.39, 0.29) is 0 Å². The molecule has 1 saturated heterocycles. The fraction of sp³-hybridized carbons (Fsp3) is 0.583. The van der Waals surface area contributed by atoms with E-state index in [4.69, 9.17) is 0 Å². The Balaban J connectivity index is 2.40. The summed E-state index contributed by atoms with van der Waals surface area (Å²) in [4.78, 5) is 21.9. The lowest BCUT2D eigenvalue weighted by Crippen LogP contribution is -2.51. The van der Waals surface area contributed by atoms with Crippen LogP contribution in [0.25, 0.3) is 0 Å². The molecule has 0 amide bonds. The van der Waals surface area contributed by atoms with Crippen LogP contribution in [-0.4, -0.2) is 33.1 Å². The van der Waals surface area contributed by atoms with Gasteiger partial charge in [-0.15, -0.1) is 0 Å². The number of carboxylic acids is 1. The molecular formula is C12H17N3O2. The van der Waals surface area contributed by atoms with E-state index in [0.717, 1.165) is 12.1 Å². The molecule has 0 spiro atoms. The van der Waals surface area contributed by atoms with Gasteiger partial charge in [-0.05, 0) is 32.3 Å². The summed E-state index contributed by atoms with van der Waals surface area (Å²) in [6.45, 7) is 4.50. The highest BCUT2D eigenvalue weighted by Crippen LogP contribution is 2.35. The summed E-state index contributed by atoms with van der Waals surface area (Å²) >= 11 is 0. The molecule has 2 rings (SSSR count). The quantitative estimate of drug-likeness (QED) is 0.862. The molecule has 0 aromatic carbocycles. The highest BCUT2D eigenvalue weighted by atomic mass is 16.4. The molecule has 1 atom stereocenters. The van der Waals surface area contributed by atoms with Crippen LogP contribution in [0.15, 0.2) is 12.3 Å². The van der Waals surface area contributed by atoms with E-state index in [1.165, 1.54) is 0 Å². The van der Waals surface area contributed by atoms with Gasteiger partial charge in [0.15, 0.2) is 0 Å². The number of aliphatic carboxylic acids is 1. The molecule has 0 radical (unpaired) electrons. The van der Waals surface area contributed by atoms with Gasteiger partial charge in [0.25, 0.3) is 0 Å². The van der Waals surface area contributed by atoms with Crippen molar-refractivity contribution in [3.63, 3.8) is 0 Å². The van der Waals surface area contributed by atoms with Crippen molar-refractivity contribution in [3.05, 3.63) is 18.0 Å². The van der Waals surface area contributed by atoms with Crippen molar-refractivity contribution in [2.24, 2.45) is 0 Å². The summed E-state index contributed by atoms with van der Waals surface area (Å²) in [7, 11) is 0. The predicted octanol–water partition coefficient (Wildman–Crippen LogP) is 1.62. The van der Waals surface area contributed by atoms with Crippen molar-refractivity contribution in [1.29, 1.82) is 0 Å². The molecule has 1 fully saturated rings. The van der Waals surface area contributed by atoms with E-state index in [2.05, 4.69) is 9.97 Å². The van der Waals surface area contributed by atoms with Gasteiger partial charge in [0, 0.05) is 18.4 Å². The van der Waals surface area contributed by atoms with Crippen molar-refractivity contribution >= 4 is 11.9 Å². The average Bonchev–Trinajstić information content (AvgIpc) is 2.73. The zero-order valence-electron chi connectivity index (χ0n) is 10.2. The number of rotatable bonds is 3. The van der Waals surface area contributed by atoms with Gasteiger partial charge in [0.2, 0.25) is 5.95 Å². The Morgan fingerprint density at radius 3 is 3.00 bits per heavy atom. The molecule has 92 valence electrons. The Morgan fingerprint density at radius 2 is 2.41 bits per heavy atom. The van der Waals surface area contributed by atoms with E-state index < -0.39 is 11.5 Å². The third kappa shape index (κ3) is 1.85. The Morgan fingerprint density at radius 1 is 1.65 bits per heavy atom. The molecule has 0 bridgehead atoms. The molecule has 17 heavy (non-hydrogen) atoms. The van der Waals surface area contributed by atoms with Crippen LogP contribution in [0.3, 0.4) is 0 Å². The van der Waals surface area contributed by atoms with Gasteiger partial charge in [0.1, 0.15) is 5.54 Å². The summed E-state index contributed by atoms with van der Waals surface area (Å²) < 4.78 is 0. The number of anilines is 1. The third-order valence-electron chi connectivity index (χ3n) is 3.50. The number of carboxylic acid groups (broad SMARTS) is 1. The maximum atomic E-state index is 11.5. The summed E-state index contributed by atoms with van der Waals surface area (Å²) in [6.07, 6.45) is 3.78. The van der Waals surface area contributed by atoms with Crippen LogP contribution in [0.2, 0.25) is 0 Å². The van der Waals surface area contributed by atoms with Crippen LogP contribution >= 0.6 is 0 Å². The minimum Gasteiger partial charge on any atom is -0.479 e. The van der Waals surface area contributed by atoms with Gasteiger partial charge in [-0.1, -0.05) is 6.92 Å². The number of hydrogen-bond acceptors (Lipinski definition) is 4. The maximum Gasteiger partial charge on any atom is 0.329 e. The summed E-state index contributed by atoms with van der Waals surface area (Å²) in [6, 6.07) is 1.81. The van der Waals surface area contributed by atoms with Gasteiger partial charge in [-0.25, -0.2) is 14.8 Å². The highest BCUT2D eigenvalue weighted by molar-refractivity contribution is 5.83. The van der Waals surface area contributed by atoms with E-state index in [0.29, 0.717) is 25.3 Å². The predicted molar refractivity (Wildman–Crippen MR) is 64.0 cm³/mol. The Kier molecular flexibility index (Phi) is 3.00. The third-order valence-corrected chi connectivity index (χ3v) is 3.50. The molecule has 1 aromatic heterocycles. The largest absolute Gasteiger partial charge is 0.479 e. The van der Waals surface area contributed by atoms with Gasteiger partial charge in [0.05, 0.1) is 0 Å². The zero-order chi connectivity index (χ0) is 12.5. The van der Waals surface area contributed by atoms with Crippen LogP contribution < -0.4 is 4.90 Å². The Labute approximate surface area is 100 Å². The zero-order valence-corrected chi connectivity index (χ0v) is 10.2. The van der Waals surface area contributed by atoms with Crippen molar-refractivity contribution in [2.75, 3.05) is 11.4 Å². The normalized spacial score (nSPS) is 24.0. The standard InChI is InChI=1S/C12H17N3O2/c1-3-12(10(16)17)6-4-8-15(12)11-13-7-5-9(2)14-11/h5,7H,3-4,6,8H2,1-2H3,(H,16,17). The maximum absolute atomic E-state index is 11.5. The Hall–Kier alpha value is -1.65. The first-order valence-electron chi connectivity index (χ1n) is 5.91. The molecule has 0 aliphatic carbocycles. The minimum atomic E-state index is -0.826. The smallest absolute Gasteiger partial charge is 0.329 e. The molecule has 2 heterocycles.